The molecule has 0 bridgehead atoms. The van der Waals surface area contributed by atoms with E-state index in [1.54, 1.807) is 13.0 Å². The standard InChI is InChI=1S/C25H38ClN3O6/c1-15(35-25(5,6)7)21(23(33)28-14-20(31)34-8)29-22(32)18(12-24(2,3)4)27-13-16-11-17(26)9-10-19(16)30/h9-11,13,15,18,21,30H,12,14H2,1-8H3,(H,28,33)(H,29,32)/t15-,18+,21+/m1/s1. The molecule has 35 heavy (non-hydrogen) atoms. The number of hydrogen-bond acceptors (Lipinski definition) is 7. The average Bonchev–Trinajstić information content (AvgIpc) is 2.72. The number of rotatable bonds is 10. The summed E-state index contributed by atoms with van der Waals surface area (Å²) in [6.45, 7) is 12.7. The van der Waals surface area contributed by atoms with Crippen LogP contribution in [0.25, 0.3) is 0 Å². The predicted octanol–water partition coefficient (Wildman–Crippen LogP) is 3.25. The number of hydrogen-bond donors (Lipinski definition) is 3. The Morgan fingerprint density at radius 3 is 2.31 bits per heavy atom. The summed E-state index contributed by atoms with van der Waals surface area (Å²) < 4.78 is 10.5. The molecule has 10 heteroatoms. The van der Waals surface area contributed by atoms with E-state index in [1.807, 2.05) is 41.5 Å². The summed E-state index contributed by atoms with van der Waals surface area (Å²) in [6.07, 6.45) is 1.04. The Morgan fingerprint density at radius 2 is 1.77 bits per heavy atom. The highest BCUT2D eigenvalue weighted by molar-refractivity contribution is 6.30. The van der Waals surface area contributed by atoms with Crippen molar-refractivity contribution in [2.45, 2.75) is 78.7 Å². The van der Waals surface area contributed by atoms with Gasteiger partial charge < -0.3 is 25.2 Å². The number of carbonyl (C=O) groups excluding carboxylic acids is 3. The fourth-order valence-electron chi connectivity index (χ4n) is 3.20. The Bertz CT molecular complexity index is 921. The first-order chi connectivity index (χ1) is 16.0. The van der Waals surface area contributed by atoms with Crippen molar-refractivity contribution < 1.29 is 29.0 Å². The molecule has 1 aromatic rings. The third-order valence-electron chi connectivity index (χ3n) is 4.72. The van der Waals surface area contributed by atoms with Gasteiger partial charge in [-0.15, -0.1) is 0 Å². The first kappa shape index (κ1) is 30.4. The third-order valence-corrected chi connectivity index (χ3v) is 4.95. The number of halogens is 1. The zero-order chi connectivity index (χ0) is 27.0. The number of phenols is 1. The van der Waals surface area contributed by atoms with Gasteiger partial charge in [-0.25, -0.2) is 0 Å². The molecule has 3 N–H and O–H groups in total. The zero-order valence-corrected chi connectivity index (χ0v) is 22.5. The van der Waals surface area contributed by atoms with Crippen molar-refractivity contribution in [3.63, 3.8) is 0 Å². The molecule has 0 saturated carbocycles. The van der Waals surface area contributed by atoms with Crippen molar-refractivity contribution in [3.8, 4) is 5.75 Å². The van der Waals surface area contributed by atoms with Crippen LogP contribution in [0.1, 0.15) is 60.5 Å². The summed E-state index contributed by atoms with van der Waals surface area (Å²) in [6, 6.07) is 2.56. The van der Waals surface area contributed by atoms with E-state index in [-0.39, 0.29) is 17.7 Å². The molecule has 0 spiro atoms. The van der Waals surface area contributed by atoms with E-state index in [0.29, 0.717) is 17.0 Å². The molecular weight excluding hydrogens is 474 g/mol. The molecule has 0 unspecified atom stereocenters. The first-order valence-electron chi connectivity index (χ1n) is 11.4. The molecule has 0 fully saturated rings. The van der Waals surface area contributed by atoms with Crippen LogP contribution in [-0.2, 0) is 23.9 Å². The van der Waals surface area contributed by atoms with Crippen LogP contribution in [0.4, 0.5) is 0 Å². The number of carbonyl (C=O) groups is 3. The Labute approximate surface area is 212 Å². The SMILES string of the molecule is COC(=O)CNC(=O)[C@@H](NC(=O)[C@H](CC(C)(C)C)N=Cc1cc(Cl)ccc1O)[C@@H](C)OC(C)(C)C. The molecule has 1 aromatic carbocycles. The Morgan fingerprint density at radius 1 is 1.14 bits per heavy atom. The lowest BCUT2D eigenvalue weighted by atomic mass is 9.88. The monoisotopic (exact) mass is 511 g/mol. The maximum atomic E-state index is 13.3. The minimum atomic E-state index is -1.09. The van der Waals surface area contributed by atoms with Gasteiger partial charge in [0.25, 0.3) is 0 Å². The van der Waals surface area contributed by atoms with Crippen LogP contribution < -0.4 is 10.6 Å². The van der Waals surface area contributed by atoms with E-state index in [0.717, 1.165) is 0 Å². The zero-order valence-electron chi connectivity index (χ0n) is 21.8. The molecule has 2 amide bonds. The van der Waals surface area contributed by atoms with Crippen LogP contribution in [0.3, 0.4) is 0 Å². The number of ether oxygens (including phenoxy) is 2. The van der Waals surface area contributed by atoms with Crippen LogP contribution in [0, 0.1) is 5.41 Å². The Hall–Kier alpha value is -2.65. The van der Waals surface area contributed by atoms with Gasteiger partial charge in [0.2, 0.25) is 11.8 Å². The lowest BCUT2D eigenvalue weighted by Crippen LogP contribution is -2.56. The third kappa shape index (κ3) is 11.6. The van der Waals surface area contributed by atoms with E-state index < -0.39 is 41.6 Å². The lowest BCUT2D eigenvalue weighted by molar-refractivity contribution is -0.143. The van der Waals surface area contributed by atoms with Gasteiger partial charge in [0, 0.05) is 16.8 Å². The molecule has 0 aliphatic carbocycles. The number of nitrogens with zero attached hydrogens (tertiary/aromatic N) is 1. The van der Waals surface area contributed by atoms with Crippen LogP contribution in [-0.4, -0.2) is 66.5 Å². The van der Waals surface area contributed by atoms with Gasteiger partial charge in [-0.2, -0.15) is 0 Å². The van der Waals surface area contributed by atoms with Crippen molar-refractivity contribution in [1.82, 2.24) is 10.6 Å². The van der Waals surface area contributed by atoms with Crippen molar-refractivity contribution in [3.05, 3.63) is 28.8 Å². The van der Waals surface area contributed by atoms with Gasteiger partial charge in [0.1, 0.15) is 24.4 Å². The highest BCUT2D eigenvalue weighted by atomic mass is 35.5. The number of aromatic hydroxyl groups is 1. The Kier molecular flexibility index (Phi) is 11.2. The second-order valence-electron chi connectivity index (χ2n) is 10.5. The van der Waals surface area contributed by atoms with Gasteiger partial charge in [0.15, 0.2) is 0 Å². The number of amides is 2. The second-order valence-corrected chi connectivity index (χ2v) is 10.9. The summed E-state index contributed by atoms with van der Waals surface area (Å²) in [7, 11) is 1.21. The number of aliphatic imine (C=N–C) groups is 1. The van der Waals surface area contributed by atoms with E-state index in [1.165, 1.54) is 25.5 Å². The number of methoxy groups -OCH3 is 1. The highest BCUT2D eigenvalue weighted by Gasteiger charge is 2.34. The van der Waals surface area contributed by atoms with Crippen molar-refractivity contribution in [2.75, 3.05) is 13.7 Å². The molecular formula is C25H38ClN3O6. The summed E-state index contributed by atoms with van der Waals surface area (Å²) >= 11 is 6.01. The molecule has 0 aliphatic rings. The highest BCUT2D eigenvalue weighted by Crippen LogP contribution is 2.24. The summed E-state index contributed by atoms with van der Waals surface area (Å²) in [5, 5.41) is 15.7. The van der Waals surface area contributed by atoms with Crippen LogP contribution in [0.5, 0.6) is 5.75 Å². The van der Waals surface area contributed by atoms with Crippen LogP contribution >= 0.6 is 11.6 Å². The second kappa shape index (κ2) is 12.9. The van der Waals surface area contributed by atoms with E-state index >= 15 is 0 Å². The van der Waals surface area contributed by atoms with Crippen molar-refractivity contribution in [1.29, 1.82) is 0 Å². The molecule has 0 aromatic heterocycles. The van der Waals surface area contributed by atoms with E-state index in [4.69, 9.17) is 16.3 Å². The van der Waals surface area contributed by atoms with Gasteiger partial charge in [0.05, 0.1) is 18.8 Å². The summed E-state index contributed by atoms with van der Waals surface area (Å²) in [4.78, 5) is 42.1. The predicted molar refractivity (Wildman–Crippen MR) is 136 cm³/mol. The maximum absolute atomic E-state index is 13.3. The molecule has 0 saturated heterocycles. The number of phenolic OH excluding ortho intramolecular Hbond substituents is 1. The Balaban J connectivity index is 3.21. The largest absolute Gasteiger partial charge is 0.507 e. The normalized spacial score (nSPS) is 14.8. The molecule has 1 rings (SSSR count). The molecule has 9 nitrogen and oxygen atoms in total. The van der Waals surface area contributed by atoms with Crippen LogP contribution in [0.2, 0.25) is 5.02 Å². The lowest BCUT2D eigenvalue weighted by Gasteiger charge is -2.31. The smallest absolute Gasteiger partial charge is 0.325 e. The fraction of sp³-hybridized carbons (Fsp3) is 0.600. The quantitative estimate of drug-likeness (QED) is 0.327. The molecule has 0 heterocycles. The summed E-state index contributed by atoms with van der Waals surface area (Å²) in [5.41, 5.74) is -0.495. The molecule has 3 atom stereocenters. The molecule has 0 aliphatic heterocycles. The average molecular weight is 512 g/mol. The van der Waals surface area contributed by atoms with Gasteiger partial charge in [-0.3, -0.25) is 19.4 Å². The van der Waals surface area contributed by atoms with Gasteiger partial charge >= 0.3 is 5.97 Å². The topological polar surface area (TPSA) is 126 Å². The van der Waals surface area contributed by atoms with E-state index in [9.17, 15) is 19.5 Å². The first-order valence-corrected chi connectivity index (χ1v) is 11.7. The number of nitrogens with one attached hydrogen (secondary N) is 2. The van der Waals surface area contributed by atoms with Gasteiger partial charge in [-0.1, -0.05) is 32.4 Å². The van der Waals surface area contributed by atoms with Crippen molar-refractivity contribution >= 4 is 35.6 Å². The fourth-order valence-corrected chi connectivity index (χ4v) is 3.39. The van der Waals surface area contributed by atoms with E-state index in [2.05, 4.69) is 20.4 Å². The number of benzene rings is 1. The minimum Gasteiger partial charge on any atom is -0.507 e. The minimum absolute atomic E-state index is 0.0275. The summed E-state index contributed by atoms with van der Waals surface area (Å²) in [5.74, 6) is -1.74. The maximum Gasteiger partial charge on any atom is 0.325 e. The van der Waals surface area contributed by atoms with Crippen molar-refractivity contribution in [2.24, 2.45) is 10.4 Å². The molecule has 196 valence electrons. The molecule has 0 radical (unpaired) electrons. The van der Waals surface area contributed by atoms with Gasteiger partial charge in [-0.05, 0) is 57.7 Å². The van der Waals surface area contributed by atoms with Crippen LogP contribution in [0.15, 0.2) is 23.2 Å². The number of esters is 1.